The highest BCUT2D eigenvalue weighted by atomic mass is 35.5. The van der Waals surface area contributed by atoms with Gasteiger partial charge < -0.3 is 10.0 Å². The molecule has 0 saturated carbocycles. The molecule has 1 unspecified atom stereocenters. The molecular weight excluding hydrogens is 338 g/mol. The van der Waals surface area contributed by atoms with Gasteiger partial charge in [-0.25, -0.2) is 4.79 Å². The van der Waals surface area contributed by atoms with Crippen LogP contribution in [0.15, 0.2) is 48.5 Å². The molecular formula is C20H20ClNO3. The van der Waals surface area contributed by atoms with E-state index >= 15 is 0 Å². The van der Waals surface area contributed by atoms with Gasteiger partial charge in [0.1, 0.15) is 0 Å². The van der Waals surface area contributed by atoms with Crippen molar-refractivity contribution in [1.82, 2.24) is 4.90 Å². The van der Waals surface area contributed by atoms with Crippen molar-refractivity contribution in [3.8, 4) is 0 Å². The molecule has 0 bridgehead atoms. The molecule has 1 heterocycles. The predicted molar refractivity (Wildman–Crippen MR) is 96.9 cm³/mol. The van der Waals surface area contributed by atoms with Gasteiger partial charge in [0.15, 0.2) is 0 Å². The van der Waals surface area contributed by atoms with Gasteiger partial charge in [0.25, 0.3) is 0 Å². The summed E-state index contributed by atoms with van der Waals surface area (Å²) >= 11 is 6.30. The number of aromatic carboxylic acids is 1. The summed E-state index contributed by atoms with van der Waals surface area (Å²) < 4.78 is 0. The lowest BCUT2D eigenvalue weighted by molar-refractivity contribution is -0.132. The number of hydrogen-bond acceptors (Lipinski definition) is 2. The minimum absolute atomic E-state index is 0.0101. The molecule has 0 spiro atoms. The Morgan fingerprint density at radius 3 is 2.60 bits per heavy atom. The molecule has 1 aliphatic rings. The van der Waals surface area contributed by atoms with Gasteiger partial charge in [-0.05, 0) is 42.5 Å². The largest absolute Gasteiger partial charge is 0.478 e. The summed E-state index contributed by atoms with van der Waals surface area (Å²) in [6, 6.07) is 14.5. The van der Waals surface area contributed by atoms with E-state index in [9.17, 15) is 14.7 Å². The van der Waals surface area contributed by atoms with Crippen LogP contribution in [0.1, 0.15) is 46.8 Å². The van der Waals surface area contributed by atoms with Crippen LogP contribution in [0.5, 0.6) is 0 Å². The fourth-order valence-electron chi connectivity index (χ4n) is 3.47. The van der Waals surface area contributed by atoms with Crippen molar-refractivity contribution in [2.45, 2.75) is 31.7 Å². The summed E-state index contributed by atoms with van der Waals surface area (Å²) in [6.45, 7) is 0.718. The van der Waals surface area contributed by atoms with E-state index in [-0.39, 0.29) is 17.5 Å². The first-order valence-corrected chi connectivity index (χ1v) is 8.81. The smallest absolute Gasteiger partial charge is 0.335 e. The van der Waals surface area contributed by atoms with Crippen LogP contribution in [0.25, 0.3) is 0 Å². The van der Waals surface area contributed by atoms with Crippen molar-refractivity contribution in [2.75, 3.05) is 6.54 Å². The third kappa shape index (κ3) is 3.85. The number of amides is 1. The molecule has 4 nitrogen and oxygen atoms in total. The number of carboxylic acid groups (broad SMARTS) is 1. The number of hydrogen-bond donors (Lipinski definition) is 1. The second-order valence-corrected chi connectivity index (χ2v) is 6.64. The Morgan fingerprint density at radius 2 is 1.84 bits per heavy atom. The van der Waals surface area contributed by atoms with Gasteiger partial charge in [-0.15, -0.1) is 0 Å². The van der Waals surface area contributed by atoms with Crippen LogP contribution >= 0.6 is 11.6 Å². The van der Waals surface area contributed by atoms with Crippen LogP contribution in [-0.2, 0) is 11.2 Å². The highest BCUT2D eigenvalue weighted by molar-refractivity contribution is 6.31. The minimum atomic E-state index is -0.960. The fraction of sp³-hybridized carbons (Fsp3) is 0.300. The Labute approximate surface area is 152 Å². The maximum atomic E-state index is 12.7. The summed E-state index contributed by atoms with van der Waals surface area (Å²) in [5.41, 5.74) is 1.94. The SMILES string of the molecule is O=C(O)c1ccccc1CCC(=O)N1CCCC1c1ccccc1Cl. The van der Waals surface area contributed by atoms with E-state index in [2.05, 4.69) is 0 Å². The molecule has 1 N–H and O–H groups in total. The number of aryl methyl sites for hydroxylation is 1. The van der Waals surface area contributed by atoms with Crippen molar-refractivity contribution < 1.29 is 14.7 Å². The molecule has 0 aliphatic carbocycles. The van der Waals surface area contributed by atoms with E-state index in [0.717, 1.165) is 24.9 Å². The first kappa shape index (κ1) is 17.5. The number of likely N-dealkylation sites (tertiary alicyclic amines) is 1. The summed E-state index contributed by atoms with van der Waals surface area (Å²) in [7, 11) is 0. The second-order valence-electron chi connectivity index (χ2n) is 6.23. The van der Waals surface area contributed by atoms with E-state index in [1.165, 1.54) is 0 Å². The molecule has 1 amide bonds. The second kappa shape index (κ2) is 7.70. The third-order valence-electron chi connectivity index (χ3n) is 4.69. The monoisotopic (exact) mass is 357 g/mol. The van der Waals surface area contributed by atoms with Crippen molar-refractivity contribution in [2.24, 2.45) is 0 Å². The van der Waals surface area contributed by atoms with Crippen LogP contribution in [0, 0.1) is 0 Å². The first-order chi connectivity index (χ1) is 12.1. The zero-order chi connectivity index (χ0) is 17.8. The van der Waals surface area contributed by atoms with Gasteiger partial charge in [0.05, 0.1) is 11.6 Å². The number of halogens is 1. The lowest BCUT2D eigenvalue weighted by atomic mass is 10.0. The maximum Gasteiger partial charge on any atom is 0.335 e. The number of nitrogens with zero attached hydrogens (tertiary/aromatic N) is 1. The van der Waals surface area contributed by atoms with Crippen LogP contribution < -0.4 is 0 Å². The highest BCUT2D eigenvalue weighted by Gasteiger charge is 2.30. The Kier molecular flexibility index (Phi) is 5.39. The van der Waals surface area contributed by atoms with E-state index in [0.29, 0.717) is 23.4 Å². The maximum absolute atomic E-state index is 12.7. The van der Waals surface area contributed by atoms with Gasteiger partial charge in [-0.1, -0.05) is 48.0 Å². The predicted octanol–water partition coefficient (Wildman–Crippen LogP) is 4.33. The molecule has 5 heteroatoms. The van der Waals surface area contributed by atoms with Crippen LogP contribution in [0.3, 0.4) is 0 Å². The lowest BCUT2D eigenvalue weighted by Gasteiger charge is -2.26. The molecule has 1 saturated heterocycles. The Balaban J connectivity index is 1.71. The number of rotatable bonds is 5. The van der Waals surface area contributed by atoms with E-state index in [1.807, 2.05) is 29.2 Å². The minimum Gasteiger partial charge on any atom is -0.478 e. The van der Waals surface area contributed by atoms with Crippen molar-refractivity contribution >= 4 is 23.5 Å². The summed E-state index contributed by atoms with van der Waals surface area (Å²) in [6.07, 6.45) is 2.58. The normalized spacial score (nSPS) is 16.8. The molecule has 0 radical (unpaired) electrons. The number of carbonyl (C=O) groups is 2. The van der Waals surface area contributed by atoms with Gasteiger partial charge >= 0.3 is 5.97 Å². The highest BCUT2D eigenvalue weighted by Crippen LogP contribution is 2.36. The van der Waals surface area contributed by atoms with E-state index in [1.54, 1.807) is 24.3 Å². The average Bonchev–Trinajstić information content (AvgIpc) is 3.09. The summed E-state index contributed by atoms with van der Waals surface area (Å²) in [5, 5.41) is 9.94. The molecule has 1 aliphatic heterocycles. The quantitative estimate of drug-likeness (QED) is 0.866. The van der Waals surface area contributed by atoms with E-state index in [4.69, 9.17) is 11.6 Å². The van der Waals surface area contributed by atoms with Gasteiger partial charge in [-0.3, -0.25) is 4.79 Å². The molecule has 1 atom stereocenters. The Hall–Kier alpha value is -2.33. The molecule has 2 aromatic rings. The van der Waals surface area contributed by atoms with Crippen molar-refractivity contribution in [1.29, 1.82) is 0 Å². The van der Waals surface area contributed by atoms with Crippen molar-refractivity contribution in [3.05, 3.63) is 70.2 Å². The zero-order valence-electron chi connectivity index (χ0n) is 13.8. The first-order valence-electron chi connectivity index (χ1n) is 8.43. The van der Waals surface area contributed by atoms with Gasteiger partial charge in [0.2, 0.25) is 5.91 Å². The number of benzene rings is 2. The zero-order valence-corrected chi connectivity index (χ0v) is 14.6. The molecule has 1 fully saturated rings. The number of carboxylic acids is 1. The molecule has 25 heavy (non-hydrogen) atoms. The average molecular weight is 358 g/mol. The number of carbonyl (C=O) groups excluding carboxylic acids is 1. The van der Waals surface area contributed by atoms with Crippen molar-refractivity contribution in [3.63, 3.8) is 0 Å². The molecule has 0 aromatic heterocycles. The topological polar surface area (TPSA) is 57.6 Å². The fourth-order valence-corrected chi connectivity index (χ4v) is 3.73. The van der Waals surface area contributed by atoms with E-state index < -0.39 is 5.97 Å². The summed E-state index contributed by atoms with van der Waals surface area (Å²) in [4.78, 5) is 25.9. The lowest BCUT2D eigenvalue weighted by Crippen LogP contribution is -2.31. The molecule has 130 valence electrons. The van der Waals surface area contributed by atoms with Gasteiger partial charge in [0, 0.05) is 18.0 Å². The third-order valence-corrected chi connectivity index (χ3v) is 5.04. The summed E-state index contributed by atoms with van der Waals surface area (Å²) in [5.74, 6) is -0.916. The van der Waals surface area contributed by atoms with Crippen LogP contribution in [0.2, 0.25) is 5.02 Å². The van der Waals surface area contributed by atoms with Crippen LogP contribution in [-0.4, -0.2) is 28.4 Å². The Morgan fingerprint density at radius 1 is 1.12 bits per heavy atom. The molecule has 3 rings (SSSR count). The Bertz CT molecular complexity index is 790. The van der Waals surface area contributed by atoms with Crippen LogP contribution in [0.4, 0.5) is 0 Å². The van der Waals surface area contributed by atoms with Gasteiger partial charge in [-0.2, -0.15) is 0 Å². The standard InChI is InChI=1S/C20H20ClNO3/c21-17-9-4-3-8-16(17)18-10-5-13-22(18)19(23)12-11-14-6-1-2-7-15(14)20(24)25/h1-4,6-9,18H,5,10-13H2,(H,24,25). The molecule has 2 aromatic carbocycles.